The number of para-hydroxylation sites is 2. The summed E-state index contributed by atoms with van der Waals surface area (Å²) in [5, 5.41) is 22.1. The van der Waals surface area contributed by atoms with Crippen molar-refractivity contribution in [3.8, 4) is 0 Å². The fraction of sp³-hybridized carbons (Fsp3) is 0.100. The Bertz CT molecular complexity index is 2420. The van der Waals surface area contributed by atoms with Crippen molar-refractivity contribution in [1.82, 2.24) is 115 Å². The van der Waals surface area contributed by atoms with E-state index in [0.717, 1.165) is 11.0 Å². The zero-order chi connectivity index (χ0) is 58.4. The molecule has 29 heteroatoms. The van der Waals surface area contributed by atoms with Gasteiger partial charge < -0.3 is 37.7 Å². The summed E-state index contributed by atoms with van der Waals surface area (Å²) in [4.78, 5) is 62.8. The second kappa shape index (κ2) is 76.0. The monoisotopic (exact) mass is 1250 g/mol. The molecule has 0 aliphatic rings. The van der Waals surface area contributed by atoms with Gasteiger partial charge in [0.1, 0.15) is 31.6 Å². The maximum atomic E-state index is 4.58. The number of hydrogen-bond donors (Lipinski definition) is 5. The number of nitrogens with one attached hydrogen (secondary N) is 5. The van der Waals surface area contributed by atoms with Crippen LogP contribution in [0.2, 0.25) is 0 Å². The number of pyridine rings is 1. The van der Waals surface area contributed by atoms with Crippen LogP contribution in [0.4, 0.5) is 0 Å². The van der Waals surface area contributed by atoms with E-state index in [-0.39, 0.29) is 44.6 Å². The predicted octanol–water partition coefficient (Wildman–Crippen LogP) is 14.5. The van der Waals surface area contributed by atoms with Crippen LogP contribution in [0.25, 0.3) is 11.0 Å². The first kappa shape index (κ1) is 85.8. The van der Waals surface area contributed by atoms with Gasteiger partial charge in [-0.3, -0.25) is 25.0 Å². The van der Waals surface area contributed by atoms with Gasteiger partial charge in [0.15, 0.2) is 12.7 Å². The summed E-state index contributed by atoms with van der Waals surface area (Å²) in [7, 11) is 0. The van der Waals surface area contributed by atoms with Crippen molar-refractivity contribution in [3.63, 3.8) is 0 Å². The van der Waals surface area contributed by atoms with Gasteiger partial charge >= 0.3 is 0 Å². The molecule has 0 spiro atoms. The number of imidazole rings is 3. The molecule has 16 aromatic rings. The molecule has 89 heavy (non-hydrogen) atoms. The quantitative estimate of drug-likeness (QED) is 0.0941. The minimum atomic E-state index is 0. The number of hydrogen-bond acceptors (Lipinski definition) is 24. The second-order valence-corrected chi connectivity index (χ2v) is 14.4. The Morgan fingerprint density at radius 3 is 1.18 bits per heavy atom. The van der Waals surface area contributed by atoms with Gasteiger partial charge in [0, 0.05) is 111 Å². The highest BCUT2D eigenvalue weighted by Gasteiger charge is 1.88. The Hall–Kier alpha value is -12.0. The zero-order valence-corrected chi connectivity index (χ0v) is 45.7. The Kier molecular flexibility index (Phi) is 73.3. The third-order valence-corrected chi connectivity index (χ3v) is 8.22. The molecule has 5 N–H and O–H groups in total. The number of thiazole rings is 1. The van der Waals surface area contributed by atoms with Gasteiger partial charge in [-0.15, -0.1) is 21.5 Å². The Morgan fingerprint density at radius 1 is 0.337 bits per heavy atom. The largest absolute Gasteiger partial charge is 0.473 e. The van der Waals surface area contributed by atoms with E-state index in [0.29, 0.717) is 0 Å². The molecule has 0 saturated carbocycles. The molecule has 1 aromatic carbocycles. The number of furan rings is 1. The van der Waals surface area contributed by atoms with Gasteiger partial charge in [-0.25, -0.2) is 49.8 Å². The van der Waals surface area contributed by atoms with Crippen LogP contribution < -0.4 is 0 Å². The molecule has 15 aromatic heterocycles. The second-order valence-electron chi connectivity index (χ2n) is 12.8. The number of thiophene rings is 1. The highest BCUT2D eigenvalue weighted by atomic mass is 32.1. The van der Waals surface area contributed by atoms with Crippen LogP contribution in [-0.2, 0) is 0 Å². The van der Waals surface area contributed by atoms with Crippen LogP contribution in [0.5, 0.6) is 0 Å². The van der Waals surface area contributed by atoms with E-state index >= 15 is 0 Å². The fourth-order valence-electron chi connectivity index (χ4n) is 3.90. The van der Waals surface area contributed by atoms with E-state index in [4.69, 9.17) is 0 Å². The van der Waals surface area contributed by atoms with Crippen molar-refractivity contribution in [2.75, 3.05) is 0 Å². The molecular weight excluding hydrogens is 1170 g/mol. The predicted molar refractivity (Wildman–Crippen MR) is 351 cm³/mol. The lowest BCUT2D eigenvalue weighted by atomic mass is 10.3. The molecule has 0 saturated heterocycles. The summed E-state index contributed by atoms with van der Waals surface area (Å²) >= 11 is 3.31. The summed E-state index contributed by atoms with van der Waals surface area (Å²) in [5.74, 6) is 0. The molecular formula is C60H81N23O4S2. The van der Waals surface area contributed by atoms with Crippen LogP contribution in [0.3, 0.4) is 0 Å². The first-order chi connectivity index (χ1) is 41.5. The number of rotatable bonds is 0. The average molecular weight is 1250 g/mol. The van der Waals surface area contributed by atoms with Gasteiger partial charge in [0.25, 0.3) is 0 Å². The van der Waals surface area contributed by atoms with Gasteiger partial charge in [0.2, 0.25) is 19.2 Å². The molecule has 0 amide bonds. The Morgan fingerprint density at radius 2 is 0.944 bits per heavy atom. The van der Waals surface area contributed by atoms with Gasteiger partial charge in [0.05, 0.1) is 54.2 Å². The molecule has 16 rings (SSSR count). The fourth-order valence-corrected chi connectivity index (χ4v) is 4.71. The number of oxazole rings is 1. The van der Waals surface area contributed by atoms with E-state index in [2.05, 4.69) is 133 Å². The maximum Gasteiger partial charge on any atom is 0.213 e. The lowest BCUT2D eigenvalue weighted by Crippen LogP contribution is -1.73. The third kappa shape index (κ3) is 66.7. The molecule has 0 aliphatic heterocycles. The Balaban J connectivity index is -0.000000283. The van der Waals surface area contributed by atoms with E-state index < -0.39 is 0 Å². The van der Waals surface area contributed by atoms with E-state index in [1.165, 1.54) is 63.5 Å². The molecule has 27 nitrogen and oxygen atoms in total. The number of nitrogens with zero attached hydrogens (tertiary/aromatic N) is 18. The normalized spacial score (nSPS) is 7.69. The van der Waals surface area contributed by atoms with E-state index in [1.807, 2.05) is 113 Å². The van der Waals surface area contributed by atoms with Crippen LogP contribution in [0, 0.1) is 0 Å². The SMILES string of the molecule is C.C.C.C.C.C.c1c[nH]cn1.c1c[nH]cn1.c1cc[nH]c1.c1ccc2[nH]cnc2c1.c1ccncc1.c1ccoc1.c1ccsc1.c1cn[nH]c1.c1cnccn1.c1cncnc1.c1cocn1.c1cscn1.c1ncncn1.c1ncon1.c1nnco1. The van der Waals surface area contributed by atoms with Crippen LogP contribution in [-0.4, -0.2) is 115 Å². The number of fused-ring (bicyclic) bond motifs is 1. The van der Waals surface area contributed by atoms with Crippen molar-refractivity contribution in [2.45, 2.75) is 44.6 Å². The Labute approximate surface area is 528 Å². The van der Waals surface area contributed by atoms with Crippen molar-refractivity contribution in [2.24, 2.45) is 0 Å². The smallest absolute Gasteiger partial charge is 0.213 e. The lowest BCUT2D eigenvalue weighted by Gasteiger charge is -1.81. The number of H-pyrrole nitrogens is 5. The molecule has 0 unspecified atom stereocenters. The van der Waals surface area contributed by atoms with Gasteiger partial charge in [-0.2, -0.15) is 16.4 Å². The molecule has 0 fully saturated rings. The van der Waals surface area contributed by atoms with Gasteiger partial charge in [-0.05, 0) is 71.4 Å². The molecule has 0 bridgehead atoms. The molecule has 472 valence electrons. The first-order valence-corrected chi connectivity index (χ1v) is 25.4. The lowest BCUT2D eigenvalue weighted by molar-refractivity contribution is 0.416. The van der Waals surface area contributed by atoms with Crippen LogP contribution in [0.1, 0.15) is 44.6 Å². The number of aromatic nitrogens is 23. The summed E-state index contributed by atoms with van der Waals surface area (Å²) in [6.45, 7) is 0. The molecule has 0 aliphatic carbocycles. The number of aromatic amines is 5. The number of benzene rings is 1. The molecule has 15 heterocycles. The highest BCUT2D eigenvalue weighted by Crippen LogP contribution is 2.05. The van der Waals surface area contributed by atoms with E-state index in [9.17, 15) is 0 Å². The molecule has 0 atom stereocenters. The highest BCUT2D eigenvalue weighted by molar-refractivity contribution is 7.07. The van der Waals surface area contributed by atoms with Crippen molar-refractivity contribution < 1.29 is 17.8 Å². The maximum absolute atomic E-state index is 4.58. The minimum absolute atomic E-state index is 0. The van der Waals surface area contributed by atoms with Gasteiger partial charge in [-0.1, -0.05) is 80.0 Å². The van der Waals surface area contributed by atoms with Crippen molar-refractivity contribution in [1.29, 1.82) is 0 Å². The standard InChI is InChI=1S/C7H6N2.C5H5N.2C4H4N2.C4H5N.C4H4O.C4H4S.C3H3N3.3C3H4N2.C3H3NO.C3H3NS.2C2H2N2O.6CH4/c1-2-4-7-6(3-1)8-5-9-7;1-2-4-6-5-3-1;1-2-6-4-3-5-1;1-2-5-4-6-3-1;3*1-2-4-5-3-1;1-4-2-6-3-5-1;2*1-2-5-3-4-1;1-2-4-5-3-1;2*1-2-5-3-4-1;1-3-4-2-5-1;1-3-2-5-4-1;;;;;;/h1-5H,(H,8,9);1-5H;2*1-4H;1-5H;2*1-4H;1-3H;3*1-3H,(H,4,5);2*1-3H;2*1-2H;6*1H4. The summed E-state index contributed by atoms with van der Waals surface area (Å²) < 4.78 is 17.6. The first-order valence-electron chi connectivity index (χ1n) is 23.5. The van der Waals surface area contributed by atoms with Crippen LogP contribution in [0.15, 0.2) is 337 Å². The average Bonchev–Trinajstić information content (AvgIpc) is 4.49. The third-order valence-electron chi connectivity index (χ3n) is 7.07. The molecule has 0 radical (unpaired) electrons. The minimum Gasteiger partial charge on any atom is -0.473 e. The van der Waals surface area contributed by atoms with Crippen molar-refractivity contribution in [3.05, 3.63) is 319 Å². The van der Waals surface area contributed by atoms with Crippen molar-refractivity contribution >= 4 is 33.7 Å². The summed E-state index contributed by atoms with van der Waals surface area (Å²) in [6.07, 6.45) is 52.9. The summed E-state index contributed by atoms with van der Waals surface area (Å²) in [6, 6.07) is 28.9. The van der Waals surface area contributed by atoms with Crippen LogP contribution >= 0.6 is 22.7 Å². The topological polar surface area (TPSA) is 364 Å². The van der Waals surface area contributed by atoms with E-state index in [1.54, 1.807) is 165 Å². The summed E-state index contributed by atoms with van der Waals surface area (Å²) in [5.41, 5.74) is 3.91. The zero-order valence-electron chi connectivity index (χ0n) is 44.0.